The molecule has 3 amide bonds. The minimum Gasteiger partial charge on any atom is -0.337 e. The fourth-order valence-corrected chi connectivity index (χ4v) is 0.972. The van der Waals surface area contributed by atoms with Gasteiger partial charge in [0.1, 0.15) is 5.78 Å². The first-order valence-electron chi connectivity index (χ1n) is 4.74. The lowest BCUT2D eigenvalue weighted by atomic mass is 10.3. The van der Waals surface area contributed by atoms with E-state index < -0.39 is 6.03 Å². The van der Waals surface area contributed by atoms with Crippen molar-refractivity contribution in [3.63, 3.8) is 0 Å². The zero-order chi connectivity index (χ0) is 11.8. The zero-order valence-corrected chi connectivity index (χ0v) is 9.08. The number of rotatable bonds is 5. The lowest BCUT2D eigenvalue weighted by molar-refractivity contribution is -0.125. The van der Waals surface area contributed by atoms with Gasteiger partial charge in [-0.05, 0) is 6.92 Å². The first-order valence-corrected chi connectivity index (χ1v) is 4.74. The van der Waals surface area contributed by atoms with Gasteiger partial charge in [0.15, 0.2) is 0 Å². The van der Waals surface area contributed by atoms with Gasteiger partial charge in [0, 0.05) is 33.0 Å². The van der Waals surface area contributed by atoms with Gasteiger partial charge < -0.3 is 11.1 Å². The zero-order valence-electron chi connectivity index (χ0n) is 9.08. The molecule has 86 valence electrons. The van der Waals surface area contributed by atoms with Gasteiger partial charge in [-0.25, -0.2) is 4.79 Å². The Labute approximate surface area is 88.8 Å². The minimum absolute atomic E-state index is 0.0106. The molecule has 0 saturated heterocycles. The van der Waals surface area contributed by atoms with Crippen LogP contribution in [0.2, 0.25) is 0 Å². The summed E-state index contributed by atoms with van der Waals surface area (Å²) in [5, 5.41) is 2.47. The van der Waals surface area contributed by atoms with Gasteiger partial charge in [0.05, 0.1) is 0 Å². The number of carbonyl (C=O) groups is 3. The molecular formula is C9H17N3O3. The number of hydrogen-bond donors (Lipinski definition) is 2. The van der Waals surface area contributed by atoms with Crippen LogP contribution in [0.25, 0.3) is 0 Å². The van der Waals surface area contributed by atoms with Crippen LogP contribution < -0.4 is 11.1 Å². The van der Waals surface area contributed by atoms with Crippen molar-refractivity contribution in [3.05, 3.63) is 0 Å². The second-order valence-corrected chi connectivity index (χ2v) is 3.14. The Kier molecular flexibility index (Phi) is 6.28. The van der Waals surface area contributed by atoms with E-state index in [4.69, 9.17) is 5.73 Å². The maximum absolute atomic E-state index is 11.4. The van der Waals surface area contributed by atoms with E-state index in [-0.39, 0.29) is 37.7 Å². The summed E-state index contributed by atoms with van der Waals surface area (Å²) in [6, 6.07) is -0.505. The minimum atomic E-state index is -0.505. The van der Waals surface area contributed by atoms with Crippen LogP contribution in [0.15, 0.2) is 0 Å². The summed E-state index contributed by atoms with van der Waals surface area (Å²) < 4.78 is 0. The molecule has 0 heterocycles. The molecule has 3 N–H and O–H groups in total. The number of urea groups is 1. The van der Waals surface area contributed by atoms with E-state index in [1.54, 1.807) is 0 Å². The maximum Gasteiger partial charge on any atom is 0.324 e. The van der Waals surface area contributed by atoms with Gasteiger partial charge in [-0.1, -0.05) is 0 Å². The predicted molar refractivity (Wildman–Crippen MR) is 55.1 cm³/mol. The number of nitrogens with zero attached hydrogens (tertiary/aromatic N) is 1. The van der Waals surface area contributed by atoms with Gasteiger partial charge in [-0.15, -0.1) is 0 Å². The van der Waals surface area contributed by atoms with Gasteiger partial charge in [0.2, 0.25) is 5.91 Å². The highest BCUT2D eigenvalue weighted by Crippen LogP contribution is 1.90. The van der Waals surface area contributed by atoms with Gasteiger partial charge in [0.25, 0.3) is 0 Å². The van der Waals surface area contributed by atoms with Crippen molar-refractivity contribution in [1.29, 1.82) is 0 Å². The Morgan fingerprint density at radius 2 is 1.87 bits per heavy atom. The molecule has 0 rings (SSSR count). The number of ketones is 1. The van der Waals surface area contributed by atoms with Crippen LogP contribution in [0, 0.1) is 0 Å². The normalized spacial score (nSPS) is 9.53. The molecular weight excluding hydrogens is 198 g/mol. The topological polar surface area (TPSA) is 92.5 Å². The van der Waals surface area contributed by atoms with E-state index in [0.717, 1.165) is 4.90 Å². The summed E-state index contributed by atoms with van der Waals surface area (Å²) in [7, 11) is 0. The van der Waals surface area contributed by atoms with Gasteiger partial charge >= 0.3 is 6.03 Å². The van der Waals surface area contributed by atoms with E-state index in [2.05, 4.69) is 5.32 Å². The lowest BCUT2D eigenvalue weighted by Gasteiger charge is -2.18. The molecule has 0 bridgehead atoms. The molecule has 0 unspecified atom stereocenters. The molecule has 6 nitrogen and oxygen atoms in total. The SMILES string of the molecule is CC(=O)CCNC(=O)N(CCN)C(C)=O. The second kappa shape index (κ2) is 6.94. The summed E-state index contributed by atoms with van der Waals surface area (Å²) in [4.78, 5) is 34.0. The third kappa shape index (κ3) is 5.79. The van der Waals surface area contributed by atoms with E-state index in [9.17, 15) is 14.4 Å². The van der Waals surface area contributed by atoms with Crippen molar-refractivity contribution in [2.24, 2.45) is 5.73 Å². The van der Waals surface area contributed by atoms with Crippen molar-refractivity contribution < 1.29 is 14.4 Å². The lowest BCUT2D eigenvalue weighted by Crippen LogP contribution is -2.45. The molecule has 0 spiro atoms. The molecule has 0 saturated carbocycles. The third-order valence-corrected chi connectivity index (χ3v) is 1.73. The maximum atomic E-state index is 11.4. The average Bonchev–Trinajstić information content (AvgIpc) is 2.12. The summed E-state index contributed by atoms with van der Waals surface area (Å²) in [6.45, 7) is 3.37. The molecule has 0 aromatic carbocycles. The molecule has 0 aliphatic rings. The van der Waals surface area contributed by atoms with E-state index in [1.165, 1.54) is 13.8 Å². The fourth-order valence-electron chi connectivity index (χ4n) is 0.972. The molecule has 15 heavy (non-hydrogen) atoms. The van der Waals surface area contributed by atoms with Crippen molar-refractivity contribution in [2.75, 3.05) is 19.6 Å². The number of carbonyl (C=O) groups excluding carboxylic acids is 3. The largest absolute Gasteiger partial charge is 0.337 e. The van der Waals surface area contributed by atoms with Crippen LogP contribution in [0.3, 0.4) is 0 Å². The Morgan fingerprint density at radius 1 is 1.27 bits per heavy atom. The summed E-state index contributed by atoms with van der Waals surface area (Å²) >= 11 is 0. The first-order chi connectivity index (χ1) is 6.99. The fraction of sp³-hybridized carbons (Fsp3) is 0.667. The number of amides is 3. The van der Waals surface area contributed by atoms with Crippen molar-refractivity contribution in [3.8, 4) is 0 Å². The highest BCUT2D eigenvalue weighted by atomic mass is 16.2. The van der Waals surface area contributed by atoms with Crippen LogP contribution in [-0.4, -0.2) is 42.3 Å². The molecule has 0 aliphatic carbocycles. The molecule has 0 radical (unpaired) electrons. The Hall–Kier alpha value is -1.43. The van der Waals surface area contributed by atoms with E-state index >= 15 is 0 Å². The van der Waals surface area contributed by atoms with Gasteiger partial charge in [-0.3, -0.25) is 14.5 Å². The molecule has 0 atom stereocenters. The van der Waals surface area contributed by atoms with Crippen molar-refractivity contribution in [2.45, 2.75) is 20.3 Å². The predicted octanol–water partition coefficient (Wildman–Crippen LogP) is -0.518. The average molecular weight is 215 g/mol. The second-order valence-electron chi connectivity index (χ2n) is 3.14. The van der Waals surface area contributed by atoms with Crippen molar-refractivity contribution >= 4 is 17.7 Å². The van der Waals surface area contributed by atoms with Crippen LogP contribution in [-0.2, 0) is 9.59 Å². The monoisotopic (exact) mass is 215 g/mol. The Morgan fingerprint density at radius 3 is 2.27 bits per heavy atom. The van der Waals surface area contributed by atoms with E-state index in [0.29, 0.717) is 0 Å². The number of nitrogens with one attached hydrogen (secondary N) is 1. The molecule has 0 aromatic heterocycles. The van der Waals surface area contributed by atoms with Crippen LogP contribution in [0.1, 0.15) is 20.3 Å². The molecule has 0 aliphatic heterocycles. The molecule has 6 heteroatoms. The standard InChI is InChI=1S/C9H17N3O3/c1-7(13)3-5-11-9(15)12(6-4-10)8(2)14/h3-6,10H2,1-2H3,(H,11,15). The summed E-state index contributed by atoms with van der Waals surface area (Å²) in [5.41, 5.74) is 5.25. The van der Waals surface area contributed by atoms with Crippen LogP contribution in [0.5, 0.6) is 0 Å². The highest BCUT2D eigenvalue weighted by molar-refractivity contribution is 5.93. The molecule has 0 aromatic rings. The van der Waals surface area contributed by atoms with Gasteiger partial charge in [-0.2, -0.15) is 0 Å². The highest BCUT2D eigenvalue weighted by Gasteiger charge is 2.15. The number of Topliss-reactive ketones (excluding diaryl/α,β-unsaturated/α-hetero) is 1. The quantitative estimate of drug-likeness (QED) is 0.645. The third-order valence-electron chi connectivity index (χ3n) is 1.73. The Balaban J connectivity index is 4.03. The summed E-state index contributed by atoms with van der Waals surface area (Å²) in [6.07, 6.45) is 0.264. The van der Waals surface area contributed by atoms with Crippen LogP contribution >= 0.6 is 0 Å². The van der Waals surface area contributed by atoms with Crippen molar-refractivity contribution in [1.82, 2.24) is 10.2 Å². The molecule has 0 fully saturated rings. The van der Waals surface area contributed by atoms with Crippen LogP contribution in [0.4, 0.5) is 4.79 Å². The number of imide groups is 1. The Bertz CT molecular complexity index is 253. The number of nitrogens with two attached hydrogens (primary N) is 1. The first kappa shape index (κ1) is 13.6. The number of hydrogen-bond acceptors (Lipinski definition) is 4. The van der Waals surface area contributed by atoms with E-state index in [1.807, 2.05) is 0 Å². The summed E-state index contributed by atoms with van der Waals surface area (Å²) in [5.74, 6) is -0.371. The smallest absolute Gasteiger partial charge is 0.324 e.